The third kappa shape index (κ3) is 3.52. The van der Waals surface area contributed by atoms with E-state index < -0.39 is 0 Å². The molecule has 0 spiro atoms. The molecule has 1 fully saturated rings. The molecule has 0 unspecified atom stereocenters. The summed E-state index contributed by atoms with van der Waals surface area (Å²) < 4.78 is 10.6. The molecule has 0 aliphatic carbocycles. The third-order valence-corrected chi connectivity index (χ3v) is 3.90. The Morgan fingerprint density at radius 2 is 1.77 bits per heavy atom. The third-order valence-electron chi connectivity index (χ3n) is 3.90. The van der Waals surface area contributed by atoms with Crippen LogP contribution in [0.2, 0.25) is 0 Å². The highest BCUT2D eigenvalue weighted by molar-refractivity contribution is 5.70. The maximum absolute atomic E-state index is 5.44. The highest BCUT2D eigenvalue weighted by Crippen LogP contribution is 2.27. The number of hydrogen-bond donors (Lipinski definition) is 1. The quantitative estimate of drug-likeness (QED) is 0.919. The molecule has 116 valence electrons. The number of para-hydroxylation sites is 2. The van der Waals surface area contributed by atoms with Crippen LogP contribution in [0.1, 0.15) is 5.56 Å². The van der Waals surface area contributed by atoms with Crippen molar-refractivity contribution in [3.8, 4) is 5.75 Å². The number of hydrogen-bond acceptors (Lipinski definition) is 4. The van der Waals surface area contributed by atoms with E-state index >= 15 is 0 Å². The summed E-state index contributed by atoms with van der Waals surface area (Å²) >= 11 is 0. The first-order valence-electron chi connectivity index (χ1n) is 7.65. The molecule has 1 aliphatic heterocycles. The van der Waals surface area contributed by atoms with Gasteiger partial charge in [-0.15, -0.1) is 0 Å². The molecule has 0 saturated carbocycles. The standard InChI is InChI=1S/C18H22N2O2/c1-21-16-8-6-15(7-9-16)14-19-17-4-2-3-5-18(17)20-10-12-22-13-11-20/h2-9,19H,10-14H2,1H3. The smallest absolute Gasteiger partial charge is 0.118 e. The number of nitrogens with one attached hydrogen (secondary N) is 1. The minimum absolute atomic E-state index is 0.797. The number of anilines is 2. The normalized spacial score (nSPS) is 14.7. The van der Waals surface area contributed by atoms with E-state index in [0.29, 0.717) is 0 Å². The van der Waals surface area contributed by atoms with Crippen LogP contribution >= 0.6 is 0 Å². The minimum Gasteiger partial charge on any atom is -0.497 e. The van der Waals surface area contributed by atoms with Crippen LogP contribution in [-0.4, -0.2) is 33.4 Å². The van der Waals surface area contributed by atoms with Gasteiger partial charge >= 0.3 is 0 Å². The van der Waals surface area contributed by atoms with Crippen molar-refractivity contribution < 1.29 is 9.47 Å². The molecule has 4 nitrogen and oxygen atoms in total. The lowest BCUT2D eigenvalue weighted by Gasteiger charge is -2.30. The van der Waals surface area contributed by atoms with E-state index in [0.717, 1.165) is 38.6 Å². The van der Waals surface area contributed by atoms with Crippen LogP contribution in [0.4, 0.5) is 11.4 Å². The fourth-order valence-electron chi connectivity index (χ4n) is 2.64. The number of methoxy groups -OCH3 is 1. The van der Waals surface area contributed by atoms with E-state index in [-0.39, 0.29) is 0 Å². The van der Waals surface area contributed by atoms with Gasteiger partial charge in [0, 0.05) is 19.6 Å². The van der Waals surface area contributed by atoms with Crippen LogP contribution in [0, 0.1) is 0 Å². The van der Waals surface area contributed by atoms with Crippen molar-refractivity contribution in [3.05, 3.63) is 54.1 Å². The van der Waals surface area contributed by atoms with Crippen molar-refractivity contribution >= 4 is 11.4 Å². The van der Waals surface area contributed by atoms with Gasteiger partial charge in [-0.25, -0.2) is 0 Å². The van der Waals surface area contributed by atoms with E-state index in [2.05, 4.69) is 46.6 Å². The fourth-order valence-corrected chi connectivity index (χ4v) is 2.64. The molecule has 0 atom stereocenters. The van der Waals surface area contributed by atoms with Gasteiger partial charge in [0.05, 0.1) is 31.7 Å². The largest absolute Gasteiger partial charge is 0.497 e. The van der Waals surface area contributed by atoms with Gasteiger partial charge in [-0.05, 0) is 29.8 Å². The molecule has 0 radical (unpaired) electrons. The van der Waals surface area contributed by atoms with Gasteiger partial charge < -0.3 is 19.7 Å². The van der Waals surface area contributed by atoms with Crippen LogP contribution in [0.5, 0.6) is 5.75 Å². The molecule has 0 bridgehead atoms. The number of rotatable bonds is 5. The first-order chi connectivity index (χ1) is 10.9. The summed E-state index contributed by atoms with van der Waals surface area (Å²) in [4.78, 5) is 2.37. The van der Waals surface area contributed by atoms with E-state index in [4.69, 9.17) is 9.47 Å². The summed E-state index contributed by atoms with van der Waals surface area (Å²) in [5.41, 5.74) is 3.65. The highest BCUT2D eigenvalue weighted by atomic mass is 16.5. The first-order valence-corrected chi connectivity index (χ1v) is 7.65. The summed E-state index contributed by atoms with van der Waals surface area (Å²) in [6, 6.07) is 16.6. The lowest BCUT2D eigenvalue weighted by Crippen LogP contribution is -2.36. The molecular weight excluding hydrogens is 276 g/mol. The second kappa shape index (κ2) is 7.18. The Kier molecular flexibility index (Phi) is 4.81. The van der Waals surface area contributed by atoms with Crippen molar-refractivity contribution in [2.45, 2.75) is 6.54 Å². The average Bonchev–Trinajstić information content (AvgIpc) is 2.61. The molecular formula is C18H22N2O2. The molecule has 4 heteroatoms. The van der Waals surface area contributed by atoms with Gasteiger partial charge in [-0.3, -0.25) is 0 Å². The van der Waals surface area contributed by atoms with Gasteiger partial charge in [0.1, 0.15) is 5.75 Å². The van der Waals surface area contributed by atoms with Gasteiger partial charge in [-0.1, -0.05) is 24.3 Å². The van der Waals surface area contributed by atoms with Crippen molar-refractivity contribution in [1.29, 1.82) is 0 Å². The van der Waals surface area contributed by atoms with Crippen LogP contribution < -0.4 is 15.0 Å². The fraction of sp³-hybridized carbons (Fsp3) is 0.333. The van der Waals surface area contributed by atoms with Crippen molar-refractivity contribution in [3.63, 3.8) is 0 Å². The number of nitrogens with zero attached hydrogens (tertiary/aromatic N) is 1. The van der Waals surface area contributed by atoms with Crippen LogP contribution in [0.3, 0.4) is 0 Å². The summed E-state index contributed by atoms with van der Waals surface area (Å²) in [5, 5.41) is 3.54. The summed E-state index contributed by atoms with van der Waals surface area (Å²) in [7, 11) is 1.69. The van der Waals surface area contributed by atoms with Crippen molar-refractivity contribution in [2.24, 2.45) is 0 Å². The van der Waals surface area contributed by atoms with Crippen LogP contribution in [-0.2, 0) is 11.3 Å². The van der Waals surface area contributed by atoms with Crippen molar-refractivity contribution in [2.75, 3.05) is 43.6 Å². The second-order valence-corrected chi connectivity index (χ2v) is 5.32. The van der Waals surface area contributed by atoms with Crippen molar-refractivity contribution in [1.82, 2.24) is 0 Å². The monoisotopic (exact) mass is 298 g/mol. The lowest BCUT2D eigenvalue weighted by atomic mass is 10.2. The Bertz CT molecular complexity index is 592. The molecule has 0 amide bonds. The summed E-state index contributed by atoms with van der Waals surface area (Å²) in [6.07, 6.45) is 0. The van der Waals surface area contributed by atoms with Gasteiger partial charge in [0.2, 0.25) is 0 Å². The Morgan fingerprint density at radius 1 is 1.05 bits per heavy atom. The van der Waals surface area contributed by atoms with Gasteiger partial charge in [0.25, 0.3) is 0 Å². The molecule has 0 aromatic heterocycles. The molecule has 1 heterocycles. The SMILES string of the molecule is COc1ccc(CNc2ccccc2N2CCOCC2)cc1. The molecule has 3 rings (SSSR count). The molecule has 1 aliphatic rings. The van der Waals surface area contributed by atoms with Gasteiger partial charge in [0.15, 0.2) is 0 Å². The van der Waals surface area contributed by atoms with Crippen LogP contribution in [0.15, 0.2) is 48.5 Å². The molecule has 2 aromatic rings. The molecule has 22 heavy (non-hydrogen) atoms. The summed E-state index contributed by atoms with van der Waals surface area (Å²) in [5.74, 6) is 0.887. The van der Waals surface area contributed by atoms with E-state index in [1.807, 2.05) is 12.1 Å². The predicted octanol–water partition coefficient (Wildman–Crippen LogP) is 3.14. The maximum atomic E-state index is 5.44. The zero-order valence-corrected chi connectivity index (χ0v) is 12.9. The zero-order chi connectivity index (χ0) is 15.2. The Hall–Kier alpha value is -2.20. The number of morpholine rings is 1. The topological polar surface area (TPSA) is 33.7 Å². The zero-order valence-electron chi connectivity index (χ0n) is 12.9. The van der Waals surface area contributed by atoms with E-state index in [1.54, 1.807) is 7.11 Å². The first kappa shape index (κ1) is 14.7. The Labute approximate surface area is 131 Å². The molecule has 1 saturated heterocycles. The highest BCUT2D eigenvalue weighted by Gasteiger charge is 2.14. The number of ether oxygens (including phenoxy) is 2. The summed E-state index contributed by atoms with van der Waals surface area (Å²) in [6.45, 7) is 4.29. The number of benzene rings is 2. The lowest BCUT2D eigenvalue weighted by molar-refractivity contribution is 0.123. The Balaban J connectivity index is 1.68. The second-order valence-electron chi connectivity index (χ2n) is 5.32. The Morgan fingerprint density at radius 3 is 2.50 bits per heavy atom. The maximum Gasteiger partial charge on any atom is 0.118 e. The molecule has 2 aromatic carbocycles. The van der Waals surface area contributed by atoms with Crippen LogP contribution in [0.25, 0.3) is 0 Å². The van der Waals surface area contributed by atoms with E-state index in [1.165, 1.54) is 16.9 Å². The average molecular weight is 298 g/mol. The molecule has 1 N–H and O–H groups in total. The van der Waals surface area contributed by atoms with E-state index in [9.17, 15) is 0 Å². The minimum atomic E-state index is 0.797. The van der Waals surface area contributed by atoms with Gasteiger partial charge in [-0.2, -0.15) is 0 Å². The predicted molar refractivity (Wildman–Crippen MR) is 89.8 cm³/mol.